The molecule has 0 saturated heterocycles. The van der Waals surface area contributed by atoms with Gasteiger partial charge in [-0.25, -0.2) is 0 Å². The summed E-state index contributed by atoms with van der Waals surface area (Å²) in [7, 11) is 0. The van der Waals surface area contributed by atoms with Crippen LogP contribution in [0.3, 0.4) is 0 Å². The molecule has 0 unspecified atom stereocenters. The Labute approximate surface area is 131 Å². The van der Waals surface area contributed by atoms with Gasteiger partial charge in [0.25, 0.3) is 0 Å². The zero-order valence-electron chi connectivity index (χ0n) is 11.5. The first-order valence-corrected chi connectivity index (χ1v) is 7.20. The van der Waals surface area contributed by atoms with Crippen molar-refractivity contribution in [2.75, 3.05) is 5.32 Å². The summed E-state index contributed by atoms with van der Waals surface area (Å²) in [5, 5.41) is 2.81. The zero-order valence-corrected chi connectivity index (χ0v) is 13.1. The van der Waals surface area contributed by atoms with Crippen molar-refractivity contribution in [3.63, 3.8) is 0 Å². The lowest BCUT2D eigenvalue weighted by Gasteiger charge is -2.11. The Bertz CT molecular complexity index is 698. The van der Waals surface area contributed by atoms with Gasteiger partial charge in [0.2, 0.25) is 11.8 Å². The van der Waals surface area contributed by atoms with Crippen molar-refractivity contribution in [3.8, 4) is 0 Å². The number of carbonyl (C=O) groups is 2. The highest BCUT2D eigenvalue weighted by Crippen LogP contribution is 2.19. The predicted octanol–water partition coefficient (Wildman–Crippen LogP) is 3.04. The number of carbonyl (C=O) groups excluding carboxylic acids is 2. The van der Waals surface area contributed by atoms with Gasteiger partial charge >= 0.3 is 0 Å². The summed E-state index contributed by atoms with van der Waals surface area (Å²) in [5.41, 5.74) is 7.89. The average molecular weight is 347 g/mol. The van der Waals surface area contributed by atoms with E-state index in [1.165, 1.54) is 0 Å². The van der Waals surface area contributed by atoms with Crippen LogP contribution in [0.25, 0.3) is 0 Å². The molecule has 2 amide bonds. The van der Waals surface area contributed by atoms with E-state index in [9.17, 15) is 9.59 Å². The molecule has 2 rings (SSSR count). The summed E-state index contributed by atoms with van der Waals surface area (Å²) in [6.07, 6.45) is 0.264. The molecular weight excluding hydrogens is 332 g/mol. The van der Waals surface area contributed by atoms with E-state index in [4.69, 9.17) is 5.73 Å². The molecule has 0 aliphatic heterocycles. The molecular formula is C16H15BrN2O2. The lowest BCUT2D eigenvalue weighted by Crippen LogP contribution is -2.18. The molecule has 108 valence electrons. The second kappa shape index (κ2) is 6.54. The smallest absolute Gasteiger partial charge is 0.249 e. The molecule has 5 heteroatoms. The van der Waals surface area contributed by atoms with Crippen molar-refractivity contribution in [1.29, 1.82) is 0 Å². The molecule has 0 aliphatic carbocycles. The third-order valence-electron chi connectivity index (χ3n) is 3.13. The van der Waals surface area contributed by atoms with Crippen LogP contribution in [0.4, 0.5) is 5.69 Å². The van der Waals surface area contributed by atoms with Crippen LogP contribution >= 0.6 is 15.9 Å². The van der Waals surface area contributed by atoms with Gasteiger partial charge in [0.15, 0.2) is 0 Å². The second-order valence-corrected chi connectivity index (χ2v) is 5.61. The van der Waals surface area contributed by atoms with E-state index in [2.05, 4.69) is 21.2 Å². The van der Waals surface area contributed by atoms with E-state index in [0.717, 1.165) is 10.0 Å². The molecule has 0 heterocycles. The Morgan fingerprint density at radius 1 is 1.19 bits per heavy atom. The standard InChI is InChI=1S/C16H15BrN2O2/c1-10-13(16(18)21)6-3-7-14(10)19-15(20)9-11-4-2-5-12(17)8-11/h2-8H,9H2,1H3,(H2,18,21)(H,19,20). The highest BCUT2D eigenvalue weighted by Gasteiger charge is 2.11. The van der Waals surface area contributed by atoms with Gasteiger partial charge in [0.05, 0.1) is 6.42 Å². The Kier molecular flexibility index (Phi) is 4.75. The van der Waals surface area contributed by atoms with Gasteiger partial charge < -0.3 is 11.1 Å². The number of hydrogen-bond acceptors (Lipinski definition) is 2. The van der Waals surface area contributed by atoms with E-state index >= 15 is 0 Å². The van der Waals surface area contributed by atoms with Crippen LogP contribution < -0.4 is 11.1 Å². The van der Waals surface area contributed by atoms with E-state index < -0.39 is 5.91 Å². The second-order valence-electron chi connectivity index (χ2n) is 4.70. The molecule has 2 aromatic carbocycles. The minimum atomic E-state index is -0.504. The van der Waals surface area contributed by atoms with Crippen LogP contribution in [-0.4, -0.2) is 11.8 Å². The molecule has 21 heavy (non-hydrogen) atoms. The van der Waals surface area contributed by atoms with Gasteiger partial charge in [0, 0.05) is 15.7 Å². The number of benzene rings is 2. The number of rotatable bonds is 4. The monoisotopic (exact) mass is 346 g/mol. The number of anilines is 1. The Morgan fingerprint density at radius 2 is 1.90 bits per heavy atom. The van der Waals surface area contributed by atoms with Crippen LogP contribution in [0.1, 0.15) is 21.5 Å². The molecule has 0 atom stereocenters. The van der Waals surface area contributed by atoms with Crippen molar-refractivity contribution in [2.24, 2.45) is 5.73 Å². The van der Waals surface area contributed by atoms with Crippen molar-refractivity contribution < 1.29 is 9.59 Å². The summed E-state index contributed by atoms with van der Waals surface area (Å²) >= 11 is 3.37. The molecule has 0 aromatic heterocycles. The maximum atomic E-state index is 12.1. The third-order valence-corrected chi connectivity index (χ3v) is 3.62. The molecule has 0 bridgehead atoms. The number of primary amides is 1. The van der Waals surface area contributed by atoms with Crippen LogP contribution in [-0.2, 0) is 11.2 Å². The van der Waals surface area contributed by atoms with Gasteiger partial charge in [0.1, 0.15) is 0 Å². The highest BCUT2D eigenvalue weighted by molar-refractivity contribution is 9.10. The highest BCUT2D eigenvalue weighted by atomic mass is 79.9. The van der Waals surface area contributed by atoms with E-state index in [-0.39, 0.29) is 12.3 Å². The lowest BCUT2D eigenvalue weighted by atomic mass is 10.1. The van der Waals surface area contributed by atoms with Crippen molar-refractivity contribution >= 4 is 33.4 Å². The number of halogens is 1. The lowest BCUT2D eigenvalue weighted by molar-refractivity contribution is -0.115. The van der Waals surface area contributed by atoms with E-state index in [1.807, 2.05) is 24.3 Å². The number of nitrogens with two attached hydrogens (primary N) is 1. The first-order chi connectivity index (χ1) is 9.97. The minimum absolute atomic E-state index is 0.141. The molecule has 0 fully saturated rings. The number of amides is 2. The third kappa shape index (κ3) is 3.92. The van der Waals surface area contributed by atoms with E-state index in [0.29, 0.717) is 16.8 Å². The SMILES string of the molecule is Cc1c(NC(=O)Cc2cccc(Br)c2)cccc1C(N)=O. The van der Waals surface area contributed by atoms with E-state index in [1.54, 1.807) is 25.1 Å². The molecule has 3 N–H and O–H groups in total. The van der Waals surface area contributed by atoms with Gasteiger partial charge in [-0.15, -0.1) is 0 Å². The van der Waals surface area contributed by atoms with Crippen LogP contribution in [0.5, 0.6) is 0 Å². The molecule has 0 saturated carbocycles. The average Bonchev–Trinajstić information content (AvgIpc) is 2.40. The zero-order chi connectivity index (χ0) is 15.4. The van der Waals surface area contributed by atoms with Crippen molar-refractivity contribution in [1.82, 2.24) is 0 Å². The Hall–Kier alpha value is -2.14. The molecule has 4 nitrogen and oxygen atoms in total. The summed E-state index contributed by atoms with van der Waals surface area (Å²) in [4.78, 5) is 23.4. The molecule has 0 aliphatic rings. The molecule has 2 aromatic rings. The predicted molar refractivity (Wildman–Crippen MR) is 86.2 cm³/mol. The maximum Gasteiger partial charge on any atom is 0.249 e. The first kappa shape index (κ1) is 15.3. The summed E-state index contributed by atoms with van der Waals surface area (Å²) in [5.74, 6) is -0.645. The molecule has 0 spiro atoms. The van der Waals surface area contributed by atoms with Gasteiger partial charge in [-0.3, -0.25) is 9.59 Å². The van der Waals surface area contributed by atoms with Crippen molar-refractivity contribution in [3.05, 3.63) is 63.6 Å². The quantitative estimate of drug-likeness (QED) is 0.892. The van der Waals surface area contributed by atoms with Crippen molar-refractivity contribution in [2.45, 2.75) is 13.3 Å². The normalized spacial score (nSPS) is 10.2. The van der Waals surface area contributed by atoms with Gasteiger partial charge in [-0.05, 0) is 42.3 Å². The fourth-order valence-electron chi connectivity index (χ4n) is 2.06. The summed E-state index contributed by atoms with van der Waals surface area (Å²) in [6.45, 7) is 1.76. The van der Waals surface area contributed by atoms with Gasteiger partial charge in [-0.2, -0.15) is 0 Å². The summed E-state index contributed by atoms with van der Waals surface area (Å²) < 4.78 is 0.930. The van der Waals surface area contributed by atoms with Crippen LogP contribution in [0, 0.1) is 6.92 Å². The summed E-state index contributed by atoms with van der Waals surface area (Å²) in [6, 6.07) is 12.7. The van der Waals surface area contributed by atoms with Crippen LogP contribution in [0.15, 0.2) is 46.9 Å². The maximum absolute atomic E-state index is 12.1. The van der Waals surface area contributed by atoms with Gasteiger partial charge in [-0.1, -0.05) is 34.1 Å². The fourth-order valence-corrected chi connectivity index (χ4v) is 2.51. The largest absolute Gasteiger partial charge is 0.366 e. The number of nitrogens with one attached hydrogen (secondary N) is 1. The topological polar surface area (TPSA) is 72.2 Å². The Balaban J connectivity index is 2.13. The Morgan fingerprint density at radius 3 is 2.57 bits per heavy atom. The first-order valence-electron chi connectivity index (χ1n) is 6.41. The minimum Gasteiger partial charge on any atom is -0.366 e. The molecule has 0 radical (unpaired) electrons. The van der Waals surface area contributed by atoms with Crippen LogP contribution in [0.2, 0.25) is 0 Å². The fraction of sp³-hybridized carbons (Fsp3) is 0.125. The number of hydrogen-bond donors (Lipinski definition) is 2.